The molecule has 3 rings (SSSR count). The fourth-order valence-electron chi connectivity index (χ4n) is 2.09. The third kappa shape index (κ3) is 2.50. The molecule has 0 unspecified atom stereocenters. The molecule has 6 nitrogen and oxygen atoms in total. The van der Waals surface area contributed by atoms with E-state index in [1.54, 1.807) is 6.92 Å². The molecule has 1 aliphatic heterocycles. The summed E-state index contributed by atoms with van der Waals surface area (Å²) in [4.78, 5) is 32.2. The topological polar surface area (TPSA) is 86.9 Å². The van der Waals surface area contributed by atoms with Crippen LogP contribution in [0.2, 0.25) is 0 Å². The molecule has 2 aromatic heterocycles. The van der Waals surface area contributed by atoms with Gasteiger partial charge in [0.05, 0.1) is 5.69 Å². The van der Waals surface area contributed by atoms with E-state index in [0.717, 1.165) is 35.8 Å². The number of aromatic nitrogens is 2. The number of aromatic amines is 1. The number of pyridine rings is 1. The van der Waals surface area contributed by atoms with Gasteiger partial charge in [-0.3, -0.25) is 14.9 Å². The molecule has 2 aromatic rings. The lowest BCUT2D eigenvalue weighted by Gasteiger charge is -2.09. The zero-order chi connectivity index (χ0) is 14.1. The van der Waals surface area contributed by atoms with Crippen LogP contribution in [0.3, 0.4) is 0 Å². The van der Waals surface area contributed by atoms with E-state index >= 15 is 0 Å². The van der Waals surface area contributed by atoms with E-state index in [0.29, 0.717) is 5.13 Å². The molecule has 0 aromatic carbocycles. The summed E-state index contributed by atoms with van der Waals surface area (Å²) in [5.74, 6) is -0.426. The number of hydrogen-bond acceptors (Lipinski definition) is 5. The Labute approximate surface area is 119 Å². The van der Waals surface area contributed by atoms with Crippen LogP contribution < -0.4 is 16.1 Å². The molecule has 7 heteroatoms. The van der Waals surface area contributed by atoms with Crippen LogP contribution in [-0.4, -0.2) is 22.4 Å². The Hall–Kier alpha value is -1.99. The number of aryl methyl sites for hydroxylation is 1. The summed E-state index contributed by atoms with van der Waals surface area (Å²) in [5, 5.41) is 6.50. The van der Waals surface area contributed by atoms with Crippen molar-refractivity contribution in [1.29, 1.82) is 0 Å². The number of rotatable bonds is 2. The van der Waals surface area contributed by atoms with Crippen LogP contribution in [0.15, 0.2) is 17.1 Å². The highest BCUT2D eigenvalue weighted by atomic mass is 32.1. The first-order chi connectivity index (χ1) is 9.63. The number of carbonyl (C=O) groups is 1. The smallest absolute Gasteiger partial charge is 0.262 e. The maximum absolute atomic E-state index is 12.1. The molecule has 20 heavy (non-hydrogen) atoms. The predicted octanol–water partition coefficient (Wildman–Crippen LogP) is 1.04. The van der Waals surface area contributed by atoms with Crippen LogP contribution in [0.1, 0.15) is 26.6 Å². The molecule has 0 bridgehead atoms. The zero-order valence-corrected chi connectivity index (χ0v) is 11.8. The van der Waals surface area contributed by atoms with Gasteiger partial charge in [-0.1, -0.05) is 0 Å². The lowest BCUT2D eigenvalue weighted by atomic mass is 10.2. The van der Waals surface area contributed by atoms with Crippen LogP contribution >= 0.6 is 11.3 Å². The van der Waals surface area contributed by atoms with Gasteiger partial charge in [-0.05, 0) is 6.92 Å². The molecule has 0 fully saturated rings. The first-order valence-corrected chi connectivity index (χ1v) is 7.15. The van der Waals surface area contributed by atoms with Crippen LogP contribution in [0.5, 0.6) is 0 Å². The Morgan fingerprint density at radius 3 is 3.10 bits per heavy atom. The number of hydrogen-bond donors (Lipinski definition) is 3. The van der Waals surface area contributed by atoms with Gasteiger partial charge in [-0.2, -0.15) is 0 Å². The number of fused-ring (bicyclic) bond motifs is 1. The monoisotopic (exact) mass is 290 g/mol. The van der Waals surface area contributed by atoms with Crippen LogP contribution in [-0.2, 0) is 13.0 Å². The second kappa shape index (κ2) is 5.18. The van der Waals surface area contributed by atoms with Gasteiger partial charge in [-0.25, -0.2) is 4.98 Å². The molecule has 1 amide bonds. The summed E-state index contributed by atoms with van der Waals surface area (Å²) >= 11 is 1.45. The van der Waals surface area contributed by atoms with Crippen molar-refractivity contribution in [3.8, 4) is 0 Å². The molecule has 0 saturated heterocycles. The number of nitrogens with zero attached hydrogens (tertiary/aromatic N) is 1. The van der Waals surface area contributed by atoms with Crippen LogP contribution in [0.4, 0.5) is 5.13 Å². The van der Waals surface area contributed by atoms with E-state index in [1.165, 1.54) is 23.6 Å². The highest BCUT2D eigenvalue weighted by Crippen LogP contribution is 2.25. The van der Waals surface area contributed by atoms with E-state index in [-0.39, 0.29) is 11.0 Å². The molecule has 0 atom stereocenters. The number of carbonyl (C=O) groups excluding carboxylic acids is 1. The van der Waals surface area contributed by atoms with Crippen molar-refractivity contribution in [2.45, 2.75) is 19.9 Å². The van der Waals surface area contributed by atoms with Gasteiger partial charge in [0.2, 0.25) is 0 Å². The van der Waals surface area contributed by atoms with E-state index < -0.39 is 5.91 Å². The summed E-state index contributed by atoms with van der Waals surface area (Å²) in [6.07, 6.45) is 2.30. The highest BCUT2D eigenvalue weighted by molar-refractivity contribution is 7.15. The van der Waals surface area contributed by atoms with Crippen molar-refractivity contribution in [3.05, 3.63) is 44.3 Å². The van der Waals surface area contributed by atoms with Gasteiger partial charge in [0.15, 0.2) is 10.6 Å². The lowest BCUT2D eigenvalue weighted by Crippen LogP contribution is -2.22. The van der Waals surface area contributed by atoms with Crippen molar-refractivity contribution in [2.75, 3.05) is 11.9 Å². The molecule has 3 N–H and O–H groups in total. The Bertz CT molecular complexity index is 696. The maximum Gasteiger partial charge on any atom is 0.262 e. The Kier molecular flexibility index (Phi) is 3.37. The second-order valence-corrected chi connectivity index (χ2v) is 5.75. The van der Waals surface area contributed by atoms with Gasteiger partial charge in [0.1, 0.15) is 5.56 Å². The standard InChI is InChI=1S/C13H14N4O2S/c1-7-4-10(18)8(5-15-7)12(19)17-13-16-9-2-3-14-6-11(9)20-13/h4-5,14H,2-3,6H2,1H3,(H,15,18)(H,16,17,19). The van der Waals surface area contributed by atoms with Crippen LogP contribution in [0, 0.1) is 6.92 Å². The molecular weight excluding hydrogens is 276 g/mol. The highest BCUT2D eigenvalue weighted by Gasteiger charge is 2.17. The fraction of sp³-hybridized carbons (Fsp3) is 0.308. The van der Waals surface area contributed by atoms with Crippen molar-refractivity contribution in [1.82, 2.24) is 15.3 Å². The lowest BCUT2D eigenvalue weighted by molar-refractivity contribution is 0.102. The van der Waals surface area contributed by atoms with Crippen molar-refractivity contribution in [3.63, 3.8) is 0 Å². The summed E-state index contributed by atoms with van der Waals surface area (Å²) in [5.41, 5.74) is 1.56. The quantitative estimate of drug-likeness (QED) is 0.771. The minimum Gasteiger partial charge on any atom is -0.364 e. The third-order valence-electron chi connectivity index (χ3n) is 3.12. The summed E-state index contributed by atoms with van der Waals surface area (Å²) in [7, 11) is 0. The minimum atomic E-state index is -0.426. The number of H-pyrrole nitrogens is 1. The first-order valence-electron chi connectivity index (χ1n) is 6.33. The molecule has 3 heterocycles. The van der Waals surface area contributed by atoms with Gasteiger partial charge in [-0.15, -0.1) is 11.3 Å². The molecular formula is C13H14N4O2S. The minimum absolute atomic E-state index is 0.0990. The van der Waals surface area contributed by atoms with Gasteiger partial charge in [0, 0.05) is 42.3 Å². The second-order valence-electron chi connectivity index (χ2n) is 4.66. The third-order valence-corrected chi connectivity index (χ3v) is 4.14. The number of thiazole rings is 1. The van der Waals surface area contributed by atoms with Gasteiger partial charge in [0.25, 0.3) is 5.91 Å². The summed E-state index contributed by atoms with van der Waals surface area (Å²) < 4.78 is 0. The predicted molar refractivity (Wildman–Crippen MR) is 77.3 cm³/mol. The van der Waals surface area contributed by atoms with Crippen molar-refractivity contribution < 1.29 is 4.79 Å². The van der Waals surface area contributed by atoms with Crippen molar-refractivity contribution in [2.24, 2.45) is 0 Å². The molecule has 0 saturated carbocycles. The normalized spacial score (nSPS) is 13.8. The molecule has 0 aliphatic carbocycles. The maximum atomic E-state index is 12.1. The van der Waals surface area contributed by atoms with E-state index in [2.05, 4.69) is 20.6 Å². The Balaban J connectivity index is 1.82. The number of anilines is 1. The summed E-state index contributed by atoms with van der Waals surface area (Å²) in [6.45, 7) is 3.46. The van der Waals surface area contributed by atoms with Gasteiger partial charge >= 0.3 is 0 Å². The average Bonchev–Trinajstić information content (AvgIpc) is 2.80. The van der Waals surface area contributed by atoms with Crippen LogP contribution in [0.25, 0.3) is 0 Å². The average molecular weight is 290 g/mol. The van der Waals surface area contributed by atoms with Crippen molar-refractivity contribution >= 4 is 22.4 Å². The van der Waals surface area contributed by atoms with Gasteiger partial charge < -0.3 is 10.3 Å². The van der Waals surface area contributed by atoms with E-state index in [9.17, 15) is 9.59 Å². The number of nitrogens with one attached hydrogen (secondary N) is 3. The molecule has 104 valence electrons. The summed E-state index contributed by atoms with van der Waals surface area (Å²) in [6, 6.07) is 1.41. The zero-order valence-electron chi connectivity index (χ0n) is 10.9. The number of amides is 1. The Morgan fingerprint density at radius 2 is 2.35 bits per heavy atom. The fourth-order valence-corrected chi connectivity index (χ4v) is 3.07. The molecule has 0 spiro atoms. The Morgan fingerprint density at radius 1 is 1.50 bits per heavy atom. The molecule has 0 radical (unpaired) electrons. The van der Waals surface area contributed by atoms with E-state index in [4.69, 9.17) is 0 Å². The first kappa shape index (κ1) is 13.0. The largest absolute Gasteiger partial charge is 0.364 e. The van der Waals surface area contributed by atoms with E-state index in [1.807, 2.05) is 0 Å². The molecule has 1 aliphatic rings. The SMILES string of the molecule is Cc1cc(=O)c(C(=O)Nc2nc3c(s2)CNCC3)c[nH]1.